The lowest BCUT2D eigenvalue weighted by Gasteiger charge is -2.38. The summed E-state index contributed by atoms with van der Waals surface area (Å²) in [6.45, 7) is 7.62. The Balaban J connectivity index is 1.75. The molecule has 0 aliphatic carbocycles. The number of nitrogens with zero attached hydrogens (tertiary/aromatic N) is 4. The van der Waals surface area contributed by atoms with E-state index in [0.717, 1.165) is 48.8 Å². The molecule has 2 fully saturated rings. The van der Waals surface area contributed by atoms with Crippen molar-refractivity contribution < 1.29 is 0 Å². The summed E-state index contributed by atoms with van der Waals surface area (Å²) in [4.78, 5) is 14.0. The third-order valence-corrected chi connectivity index (χ3v) is 4.70. The van der Waals surface area contributed by atoms with E-state index in [9.17, 15) is 0 Å². The lowest BCUT2D eigenvalue weighted by atomic mass is 10.1. The van der Waals surface area contributed by atoms with Gasteiger partial charge in [0.05, 0.1) is 4.47 Å². The summed E-state index contributed by atoms with van der Waals surface area (Å²) in [5, 5.41) is 3.27. The van der Waals surface area contributed by atoms with Gasteiger partial charge in [-0.05, 0) is 41.7 Å². The molecule has 0 aromatic carbocycles. The molecule has 0 saturated carbocycles. The number of anilines is 2. The molecule has 2 saturated heterocycles. The lowest BCUT2D eigenvalue weighted by molar-refractivity contribution is 0.230. The van der Waals surface area contributed by atoms with Gasteiger partial charge in [-0.3, -0.25) is 4.90 Å². The van der Waals surface area contributed by atoms with Gasteiger partial charge >= 0.3 is 0 Å². The van der Waals surface area contributed by atoms with E-state index in [2.05, 4.69) is 47.9 Å². The zero-order valence-corrected chi connectivity index (χ0v) is 13.6. The quantitative estimate of drug-likeness (QED) is 0.912. The largest absolute Gasteiger partial charge is 0.354 e. The Bertz CT molecular complexity index is 467. The molecule has 110 valence electrons. The average molecular weight is 340 g/mol. The maximum absolute atomic E-state index is 4.69. The highest BCUT2D eigenvalue weighted by Gasteiger charge is 2.31. The number of aromatic nitrogens is 2. The first-order valence-corrected chi connectivity index (χ1v) is 8.32. The van der Waals surface area contributed by atoms with Crippen LogP contribution in [0.4, 0.5) is 11.8 Å². The molecule has 1 unspecified atom stereocenters. The van der Waals surface area contributed by atoms with E-state index in [1.807, 2.05) is 6.20 Å². The van der Waals surface area contributed by atoms with Crippen molar-refractivity contribution in [1.29, 1.82) is 0 Å². The number of hydrogen-bond donors (Lipinski definition) is 1. The van der Waals surface area contributed by atoms with Crippen LogP contribution in [0, 0.1) is 0 Å². The fourth-order valence-electron chi connectivity index (χ4n) is 3.09. The molecule has 3 rings (SSSR count). The van der Waals surface area contributed by atoms with E-state index in [0.29, 0.717) is 6.04 Å². The number of piperazine rings is 1. The summed E-state index contributed by atoms with van der Waals surface area (Å²) in [7, 11) is 0. The second kappa shape index (κ2) is 6.26. The van der Waals surface area contributed by atoms with Crippen LogP contribution in [0.3, 0.4) is 0 Å². The molecule has 0 spiro atoms. The van der Waals surface area contributed by atoms with E-state index in [-0.39, 0.29) is 0 Å². The zero-order chi connectivity index (χ0) is 13.9. The van der Waals surface area contributed by atoms with Crippen molar-refractivity contribution in [2.24, 2.45) is 0 Å². The second-order valence-corrected chi connectivity index (χ2v) is 6.42. The van der Waals surface area contributed by atoms with Crippen LogP contribution in [-0.2, 0) is 0 Å². The lowest BCUT2D eigenvalue weighted by Crippen LogP contribution is -2.50. The van der Waals surface area contributed by atoms with Crippen LogP contribution in [0.2, 0.25) is 0 Å². The molecule has 1 atom stereocenters. The third-order valence-electron chi connectivity index (χ3n) is 4.15. The molecule has 3 heterocycles. The van der Waals surface area contributed by atoms with Crippen LogP contribution in [0.25, 0.3) is 0 Å². The van der Waals surface area contributed by atoms with E-state index in [1.54, 1.807) is 0 Å². The average Bonchev–Trinajstić information content (AvgIpc) is 2.93. The normalized spacial score (nSPS) is 22.9. The summed E-state index contributed by atoms with van der Waals surface area (Å²) >= 11 is 3.60. The first kappa shape index (κ1) is 14.1. The van der Waals surface area contributed by atoms with E-state index < -0.39 is 0 Å². The molecule has 2 aliphatic heterocycles. The number of hydrogen-bond acceptors (Lipinski definition) is 5. The van der Waals surface area contributed by atoms with Crippen LogP contribution in [-0.4, -0.2) is 53.6 Å². The summed E-state index contributed by atoms with van der Waals surface area (Å²) in [6.07, 6.45) is 5.60. The number of fused-ring (bicyclic) bond motifs is 1. The Hall–Kier alpha value is -0.880. The first-order valence-electron chi connectivity index (χ1n) is 7.53. The van der Waals surface area contributed by atoms with E-state index >= 15 is 0 Å². The van der Waals surface area contributed by atoms with Crippen molar-refractivity contribution in [1.82, 2.24) is 14.9 Å². The molecular weight excluding hydrogens is 318 g/mol. The zero-order valence-electron chi connectivity index (χ0n) is 12.0. The van der Waals surface area contributed by atoms with Crippen LogP contribution < -0.4 is 10.2 Å². The fraction of sp³-hybridized carbons (Fsp3) is 0.714. The molecule has 5 nitrogen and oxygen atoms in total. The van der Waals surface area contributed by atoms with Crippen LogP contribution in [0.5, 0.6) is 0 Å². The third kappa shape index (κ3) is 2.91. The Morgan fingerprint density at radius 2 is 2.30 bits per heavy atom. The van der Waals surface area contributed by atoms with Crippen molar-refractivity contribution >= 4 is 27.7 Å². The number of halogens is 1. The van der Waals surface area contributed by atoms with Crippen molar-refractivity contribution in [3.05, 3.63) is 10.7 Å². The fourth-order valence-corrected chi connectivity index (χ4v) is 3.53. The minimum absolute atomic E-state index is 0.706. The predicted octanol–water partition coefficient (Wildman–Crippen LogP) is 2.35. The molecule has 1 aromatic rings. The van der Waals surface area contributed by atoms with Gasteiger partial charge in [0.15, 0.2) is 0 Å². The van der Waals surface area contributed by atoms with E-state index in [4.69, 9.17) is 0 Å². The summed E-state index contributed by atoms with van der Waals surface area (Å²) in [5.41, 5.74) is 0. The first-order chi connectivity index (χ1) is 9.78. The molecule has 1 aromatic heterocycles. The Labute approximate surface area is 128 Å². The second-order valence-electron chi connectivity index (χ2n) is 5.57. The van der Waals surface area contributed by atoms with Gasteiger partial charge in [-0.25, -0.2) is 4.98 Å². The molecular formula is C14H22BrN5. The molecule has 20 heavy (non-hydrogen) atoms. The molecule has 2 aliphatic rings. The van der Waals surface area contributed by atoms with Crippen LogP contribution in [0.15, 0.2) is 10.7 Å². The van der Waals surface area contributed by atoms with Gasteiger partial charge in [0.25, 0.3) is 0 Å². The van der Waals surface area contributed by atoms with Crippen LogP contribution >= 0.6 is 15.9 Å². The van der Waals surface area contributed by atoms with Gasteiger partial charge in [-0.15, -0.1) is 0 Å². The smallest absolute Gasteiger partial charge is 0.224 e. The highest BCUT2D eigenvalue weighted by molar-refractivity contribution is 9.10. The number of rotatable bonds is 4. The molecule has 0 bridgehead atoms. The Morgan fingerprint density at radius 3 is 3.15 bits per heavy atom. The maximum Gasteiger partial charge on any atom is 0.224 e. The standard InChI is InChI=1S/C14H22BrN5/c1-2-5-16-14-17-9-12(15)13(18-14)20-8-7-19-6-3-4-11(19)10-20/h9,11H,2-8,10H2,1H3,(H,16,17,18). The minimum atomic E-state index is 0.706. The monoisotopic (exact) mass is 339 g/mol. The van der Waals surface area contributed by atoms with Gasteiger partial charge in [-0.1, -0.05) is 6.92 Å². The molecule has 1 N–H and O–H groups in total. The Morgan fingerprint density at radius 1 is 1.40 bits per heavy atom. The minimum Gasteiger partial charge on any atom is -0.354 e. The summed E-state index contributed by atoms with van der Waals surface area (Å²) < 4.78 is 0.992. The van der Waals surface area contributed by atoms with Gasteiger partial charge in [0.2, 0.25) is 5.95 Å². The van der Waals surface area contributed by atoms with Gasteiger partial charge < -0.3 is 10.2 Å². The van der Waals surface area contributed by atoms with Crippen molar-refractivity contribution in [3.8, 4) is 0 Å². The van der Waals surface area contributed by atoms with E-state index in [1.165, 1.54) is 19.4 Å². The highest BCUT2D eigenvalue weighted by Crippen LogP contribution is 2.29. The molecule has 0 radical (unpaired) electrons. The maximum atomic E-state index is 4.69. The summed E-state index contributed by atoms with van der Waals surface area (Å²) in [5.74, 6) is 1.77. The summed E-state index contributed by atoms with van der Waals surface area (Å²) in [6, 6.07) is 0.706. The predicted molar refractivity (Wildman–Crippen MR) is 85.3 cm³/mol. The van der Waals surface area contributed by atoms with Crippen molar-refractivity contribution in [2.75, 3.05) is 42.9 Å². The molecule has 6 heteroatoms. The van der Waals surface area contributed by atoms with Crippen LogP contribution in [0.1, 0.15) is 26.2 Å². The number of nitrogens with one attached hydrogen (secondary N) is 1. The Kier molecular flexibility index (Phi) is 4.41. The SMILES string of the molecule is CCCNc1ncc(Br)c(N2CCN3CCCC3C2)n1. The van der Waals surface area contributed by atoms with Crippen molar-refractivity contribution in [2.45, 2.75) is 32.2 Å². The highest BCUT2D eigenvalue weighted by atomic mass is 79.9. The van der Waals surface area contributed by atoms with Gasteiger partial charge in [0, 0.05) is 38.4 Å². The van der Waals surface area contributed by atoms with Gasteiger partial charge in [0.1, 0.15) is 5.82 Å². The molecule has 0 amide bonds. The van der Waals surface area contributed by atoms with Gasteiger partial charge in [-0.2, -0.15) is 4.98 Å². The topological polar surface area (TPSA) is 44.3 Å². The van der Waals surface area contributed by atoms with Crippen molar-refractivity contribution in [3.63, 3.8) is 0 Å².